The van der Waals surface area contributed by atoms with Gasteiger partial charge in [0.2, 0.25) is 11.8 Å². The fourth-order valence-electron chi connectivity index (χ4n) is 3.39. The van der Waals surface area contributed by atoms with Gasteiger partial charge in [-0.2, -0.15) is 0 Å². The van der Waals surface area contributed by atoms with E-state index in [4.69, 9.17) is 11.6 Å². The standard InChI is InChI=1S/C24H31ClN2O2/c1-5-22(24(29)26-17(2)3)27(16-19-10-8-9-18(4)15-19)23(28)14-13-20-11-6-7-12-21(20)25/h6-12,15,17,22H,5,13-14,16H2,1-4H3,(H,26,29). The molecule has 0 heterocycles. The van der Waals surface area contributed by atoms with Crippen molar-refractivity contribution in [1.29, 1.82) is 0 Å². The normalized spacial score (nSPS) is 11.9. The molecule has 1 atom stereocenters. The summed E-state index contributed by atoms with van der Waals surface area (Å²) >= 11 is 6.24. The van der Waals surface area contributed by atoms with E-state index in [9.17, 15) is 9.59 Å². The largest absolute Gasteiger partial charge is 0.352 e. The van der Waals surface area contributed by atoms with Crippen molar-refractivity contribution in [3.05, 3.63) is 70.2 Å². The lowest BCUT2D eigenvalue weighted by atomic mass is 10.0. The Balaban J connectivity index is 2.23. The number of halogens is 1. The number of nitrogens with zero attached hydrogens (tertiary/aromatic N) is 1. The second-order valence-electron chi connectivity index (χ2n) is 7.69. The van der Waals surface area contributed by atoms with Crippen molar-refractivity contribution in [3.63, 3.8) is 0 Å². The van der Waals surface area contributed by atoms with E-state index in [1.54, 1.807) is 4.90 Å². The van der Waals surface area contributed by atoms with Gasteiger partial charge < -0.3 is 10.2 Å². The molecule has 5 heteroatoms. The predicted octanol–water partition coefficient (Wildman–Crippen LogP) is 4.91. The Hall–Kier alpha value is -2.33. The van der Waals surface area contributed by atoms with Crippen LogP contribution < -0.4 is 5.32 Å². The molecule has 2 rings (SSSR count). The minimum Gasteiger partial charge on any atom is -0.352 e. The quantitative estimate of drug-likeness (QED) is 0.633. The van der Waals surface area contributed by atoms with E-state index in [0.717, 1.165) is 16.7 Å². The molecule has 0 fully saturated rings. The van der Waals surface area contributed by atoms with Crippen LogP contribution in [0.15, 0.2) is 48.5 Å². The van der Waals surface area contributed by atoms with Crippen LogP contribution in [-0.2, 0) is 22.6 Å². The van der Waals surface area contributed by atoms with Crippen LogP contribution in [0.3, 0.4) is 0 Å². The van der Waals surface area contributed by atoms with Crippen LogP contribution in [-0.4, -0.2) is 28.8 Å². The smallest absolute Gasteiger partial charge is 0.243 e. The second-order valence-corrected chi connectivity index (χ2v) is 8.10. The number of aryl methyl sites for hydroxylation is 2. The first-order valence-corrected chi connectivity index (χ1v) is 10.6. The van der Waals surface area contributed by atoms with E-state index < -0.39 is 6.04 Å². The molecule has 0 spiro atoms. The SMILES string of the molecule is CCC(C(=O)NC(C)C)N(Cc1cccc(C)c1)C(=O)CCc1ccccc1Cl. The Morgan fingerprint density at radius 1 is 1.10 bits per heavy atom. The van der Waals surface area contributed by atoms with Crippen molar-refractivity contribution in [3.8, 4) is 0 Å². The predicted molar refractivity (Wildman–Crippen MR) is 119 cm³/mol. The lowest BCUT2D eigenvalue weighted by Crippen LogP contribution is -2.50. The van der Waals surface area contributed by atoms with Gasteiger partial charge in [-0.3, -0.25) is 9.59 Å². The van der Waals surface area contributed by atoms with Gasteiger partial charge in [0.25, 0.3) is 0 Å². The first-order valence-electron chi connectivity index (χ1n) is 10.2. The summed E-state index contributed by atoms with van der Waals surface area (Å²) in [7, 11) is 0. The van der Waals surface area contributed by atoms with Crippen LogP contribution in [0, 0.1) is 6.92 Å². The van der Waals surface area contributed by atoms with Crippen molar-refractivity contribution in [2.45, 2.75) is 65.6 Å². The van der Waals surface area contributed by atoms with Gasteiger partial charge in [-0.05, 0) is 50.8 Å². The summed E-state index contributed by atoms with van der Waals surface area (Å²) in [5.41, 5.74) is 3.09. The average Bonchev–Trinajstić information content (AvgIpc) is 2.66. The summed E-state index contributed by atoms with van der Waals surface area (Å²) in [6.45, 7) is 8.22. The van der Waals surface area contributed by atoms with E-state index in [1.807, 2.05) is 70.2 Å². The number of carbonyl (C=O) groups is 2. The Bertz CT molecular complexity index is 835. The molecule has 156 valence electrons. The highest BCUT2D eigenvalue weighted by Gasteiger charge is 2.28. The van der Waals surface area contributed by atoms with E-state index in [1.165, 1.54) is 0 Å². The van der Waals surface area contributed by atoms with Gasteiger partial charge in [0.05, 0.1) is 0 Å². The molecular formula is C24H31ClN2O2. The number of benzene rings is 2. The minimum atomic E-state index is -0.503. The molecule has 1 N–H and O–H groups in total. The molecule has 0 saturated carbocycles. The third kappa shape index (κ3) is 6.90. The third-order valence-electron chi connectivity index (χ3n) is 4.82. The van der Waals surface area contributed by atoms with Crippen molar-refractivity contribution in [1.82, 2.24) is 10.2 Å². The maximum absolute atomic E-state index is 13.2. The molecular weight excluding hydrogens is 384 g/mol. The summed E-state index contributed by atoms with van der Waals surface area (Å²) in [6.07, 6.45) is 1.41. The van der Waals surface area contributed by atoms with E-state index >= 15 is 0 Å². The monoisotopic (exact) mass is 414 g/mol. The summed E-state index contributed by atoms with van der Waals surface area (Å²) < 4.78 is 0. The zero-order valence-corrected chi connectivity index (χ0v) is 18.5. The zero-order valence-electron chi connectivity index (χ0n) is 17.7. The first kappa shape index (κ1) is 23.0. The number of nitrogens with one attached hydrogen (secondary N) is 1. The Morgan fingerprint density at radius 2 is 1.83 bits per heavy atom. The van der Waals surface area contributed by atoms with Gasteiger partial charge in [-0.1, -0.05) is 66.6 Å². The molecule has 0 aliphatic carbocycles. The topological polar surface area (TPSA) is 49.4 Å². The molecule has 0 aliphatic rings. The van der Waals surface area contributed by atoms with E-state index in [-0.39, 0.29) is 17.9 Å². The van der Waals surface area contributed by atoms with Crippen LogP contribution in [0.25, 0.3) is 0 Å². The number of hydrogen-bond acceptors (Lipinski definition) is 2. The number of carbonyl (C=O) groups excluding carboxylic acids is 2. The van der Waals surface area contributed by atoms with Crippen LogP contribution in [0.5, 0.6) is 0 Å². The van der Waals surface area contributed by atoms with E-state index in [0.29, 0.717) is 30.8 Å². The maximum atomic E-state index is 13.2. The summed E-state index contributed by atoms with van der Waals surface area (Å²) in [5, 5.41) is 3.62. The Morgan fingerprint density at radius 3 is 2.45 bits per heavy atom. The number of rotatable bonds is 9. The average molecular weight is 415 g/mol. The molecule has 2 amide bonds. The lowest BCUT2D eigenvalue weighted by Gasteiger charge is -2.31. The first-order chi connectivity index (χ1) is 13.8. The molecule has 1 unspecified atom stereocenters. The van der Waals surface area contributed by atoms with Gasteiger partial charge in [-0.15, -0.1) is 0 Å². The maximum Gasteiger partial charge on any atom is 0.243 e. The van der Waals surface area contributed by atoms with Gasteiger partial charge in [0.1, 0.15) is 6.04 Å². The van der Waals surface area contributed by atoms with E-state index in [2.05, 4.69) is 11.4 Å². The fraction of sp³-hybridized carbons (Fsp3) is 0.417. The van der Waals surface area contributed by atoms with Crippen LogP contribution in [0.1, 0.15) is 50.3 Å². The molecule has 2 aromatic rings. The van der Waals surface area contributed by atoms with Gasteiger partial charge in [-0.25, -0.2) is 0 Å². The molecule has 0 aliphatic heterocycles. The third-order valence-corrected chi connectivity index (χ3v) is 5.19. The summed E-state index contributed by atoms with van der Waals surface area (Å²) in [5.74, 6) is -0.154. The van der Waals surface area contributed by atoms with Crippen LogP contribution >= 0.6 is 11.6 Å². The van der Waals surface area contributed by atoms with Crippen molar-refractivity contribution in [2.75, 3.05) is 0 Å². The molecule has 2 aromatic carbocycles. The van der Waals surface area contributed by atoms with Crippen LogP contribution in [0.4, 0.5) is 0 Å². The molecule has 4 nitrogen and oxygen atoms in total. The summed E-state index contributed by atoms with van der Waals surface area (Å²) in [6, 6.07) is 15.1. The molecule has 29 heavy (non-hydrogen) atoms. The van der Waals surface area contributed by atoms with Crippen molar-refractivity contribution >= 4 is 23.4 Å². The second kappa shape index (κ2) is 11.0. The zero-order chi connectivity index (χ0) is 21.4. The van der Waals surface area contributed by atoms with Gasteiger partial charge >= 0.3 is 0 Å². The Kier molecular flexibility index (Phi) is 8.71. The molecule has 0 bridgehead atoms. The lowest BCUT2D eigenvalue weighted by molar-refractivity contribution is -0.141. The van der Waals surface area contributed by atoms with Gasteiger partial charge in [0.15, 0.2) is 0 Å². The Labute approximate surface area is 179 Å². The highest BCUT2D eigenvalue weighted by molar-refractivity contribution is 6.31. The number of amides is 2. The minimum absolute atomic E-state index is 0.0237. The number of hydrogen-bond donors (Lipinski definition) is 1. The highest BCUT2D eigenvalue weighted by Crippen LogP contribution is 2.19. The summed E-state index contributed by atoms with van der Waals surface area (Å²) in [4.78, 5) is 27.7. The molecule has 0 saturated heterocycles. The van der Waals surface area contributed by atoms with Crippen molar-refractivity contribution < 1.29 is 9.59 Å². The highest BCUT2D eigenvalue weighted by atomic mass is 35.5. The molecule has 0 radical (unpaired) electrons. The fourth-order valence-corrected chi connectivity index (χ4v) is 3.62. The van der Waals surface area contributed by atoms with Crippen LogP contribution in [0.2, 0.25) is 5.02 Å². The van der Waals surface area contributed by atoms with Gasteiger partial charge in [0, 0.05) is 24.0 Å². The van der Waals surface area contributed by atoms with Crippen molar-refractivity contribution in [2.24, 2.45) is 0 Å². The molecule has 0 aromatic heterocycles.